The summed E-state index contributed by atoms with van der Waals surface area (Å²) in [4.78, 5) is 32.0. The molecular formula is C24H25F3N6O. The van der Waals surface area contributed by atoms with Gasteiger partial charge >= 0.3 is 6.18 Å². The highest BCUT2D eigenvalue weighted by molar-refractivity contribution is 5.94. The number of carbonyl (C=O) groups excluding carboxylic acids is 1. The number of aryl methyl sites for hydroxylation is 1. The van der Waals surface area contributed by atoms with Gasteiger partial charge in [-0.05, 0) is 49.6 Å². The Bertz CT molecular complexity index is 1170. The van der Waals surface area contributed by atoms with E-state index in [4.69, 9.17) is 0 Å². The second-order valence-electron chi connectivity index (χ2n) is 7.90. The van der Waals surface area contributed by atoms with Crippen molar-refractivity contribution in [1.29, 1.82) is 0 Å². The summed E-state index contributed by atoms with van der Waals surface area (Å²) in [5.74, 6) is 0.613. The minimum Gasteiger partial charge on any atom is -0.370 e. The molecule has 7 nitrogen and oxygen atoms in total. The zero-order chi connectivity index (χ0) is 24.1. The van der Waals surface area contributed by atoms with E-state index < -0.39 is 11.7 Å². The molecule has 0 saturated heterocycles. The van der Waals surface area contributed by atoms with Crippen LogP contribution in [0.4, 0.5) is 19.0 Å². The first kappa shape index (κ1) is 23.3. The Labute approximate surface area is 196 Å². The van der Waals surface area contributed by atoms with Crippen LogP contribution in [0.25, 0.3) is 11.5 Å². The number of amides is 1. The number of pyridine rings is 2. The summed E-state index contributed by atoms with van der Waals surface area (Å²) in [6.07, 6.45) is 4.87. The Morgan fingerprint density at radius 3 is 2.65 bits per heavy atom. The summed E-state index contributed by atoms with van der Waals surface area (Å²) in [7, 11) is 0. The maximum Gasteiger partial charge on any atom is 0.417 e. The molecule has 0 unspecified atom stereocenters. The van der Waals surface area contributed by atoms with Crippen molar-refractivity contribution < 1.29 is 19.4 Å². The average molecular weight is 470 g/mol. The van der Waals surface area contributed by atoms with Gasteiger partial charge in [-0.25, -0.2) is 19.9 Å². The standard InChI is InChI=1S/C24H23F3N6O.H2/c1-16-6-8-19(22-29-11-4-12-30-22)32-21(16)23(34)33-14-3-2-5-18(33)10-13-28-20-9-7-17(15-31-20)24(25,26)27;/h2-4,6-9,11-12,15,18H,5,10,13-14H2,1H3,(H,28,31);1H/t18-;/m0./s1. The van der Waals surface area contributed by atoms with Crippen LogP contribution < -0.4 is 5.32 Å². The summed E-state index contributed by atoms with van der Waals surface area (Å²) in [6.45, 7) is 2.74. The average Bonchev–Trinajstić information content (AvgIpc) is 2.84. The Morgan fingerprint density at radius 2 is 1.94 bits per heavy atom. The fraction of sp³-hybridized carbons (Fsp3) is 0.292. The van der Waals surface area contributed by atoms with Gasteiger partial charge < -0.3 is 10.2 Å². The van der Waals surface area contributed by atoms with Crippen LogP contribution in [0.5, 0.6) is 0 Å². The van der Waals surface area contributed by atoms with E-state index in [1.165, 1.54) is 6.07 Å². The molecule has 34 heavy (non-hydrogen) atoms. The Balaban J connectivity index is 0.00000342. The van der Waals surface area contributed by atoms with Crippen molar-refractivity contribution in [2.45, 2.75) is 32.0 Å². The molecule has 4 heterocycles. The van der Waals surface area contributed by atoms with E-state index in [-0.39, 0.29) is 13.4 Å². The summed E-state index contributed by atoms with van der Waals surface area (Å²) in [5, 5.41) is 3.04. The lowest BCUT2D eigenvalue weighted by molar-refractivity contribution is -0.137. The fourth-order valence-electron chi connectivity index (χ4n) is 3.71. The molecule has 1 amide bonds. The molecule has 0 radical (unpaired) electrons. The van der Waals surface area contributed by atoms with Crippen LogP contribution in [0, 0.1) is 6.92 Å². The van der Waals surface area contributed by atoms with E-state index in [0.29, 0.717) is 49.0 Å². The lowest BCUT2D eigenvalue weighted by Crippen LogP contribution is -2.43. The minimum atomic E-state index is -4.42. The van der Waals surface area contributed by atoms with Gasteiger partial charge in [0.15, 0.2) is 5.82 Å². The molecule has 0 bridgehead atoms. The van der Waals surface area contributed by atoms with Crippen LogP contribution >= 0.6 is 0 Å². The molecule has 0 spiro atoms. The lowest BCUT2D eigenvalue weighted by atomic mass is 10.0. The highest BCUT2D eigenvalue weighted by Gasteiger charge is 2.31. The van der Waals surface area contributed by atoms with Gasteiger partial charge in [-0.1, -0.05) is 18.2 Å². The molecule has 1 aliphatic heterocycles. The number of hydrogen-bond donors (Lipinski definition) is 1. The van der Waals surface area contributed by atoms with Crippen molar-refractivity contribution in [1.82, 2.24) is 24.8 Å². The molecule has 1 N–H and O–H groups in total. The smallest absolute Gasteiger partial charge is 0.370 e. The molecule has 10 heteroatoms. The lowest BCUT2D eigenvalue weighted by Gasteiger charge is -2.33. The maximum atomic E-state index is 13.4. The predicted molar refractivity (Wildman–Crippen MR) is 123 cm³/mol. The van der Waals surface area contributed by atoms with Gasteiger partial charge in [-0.3, -0.25) is 4.79 Å². The molecule has 3 aromatic rings. The molecule has 0 saturated carbocycles. The maximum absolute atomic E-state index is 13.4. The first-order chi connectivity index (χ1) is 16.3. The van der Waals surface area contributed by atoms with Crippen LogP contribution in [0.3, 0.4) is 0 Å². The zero-order valence-corrected chi connectivity index (χ0v) is 18.5. The number of aromatic nitrogens is 4. The van der Waals surface area contributed by atoms with Gasteiger partial charge in [0.1, 0.15) is 17.2 Å². The molecule has 4 rings (SSSR count). The van der Waals surface area contributed by atoms with E-state index in [1.54, 1.807) is 29.4 Å². The van der Waals surface area contributed by atoms with E-state index in [0.717, 1.165) is 17.8 Å². The van der Waals surface area contributed by atoms with Crippen molar-refractivity contribution in [3.63, 3.8) is 0 Å². The monoisotopic (exact) mass is 470 g/mol. The molecule has 178 valence electrons. The van der Waals surface area contributed by atoms with Crippen molar-refractivity contribution in [2.24, 2.45) is 0 Å². The SMILES string of the molecule is Cc1ccc(-c2ncccn2)nc1C(=O)N1CC=CC[C@H]1CCNc1ccc(C(F)(F)F)cn1.[HH]. The van der Waals surface area contributed by atoms with Crippen molar-refractivity contribution >= 4 is 11.7 Å². The normalized spacial score (nSPS) is 15.9. The molecule has 3 aromatic heterocycles. The minimum absolute atomic E-state index is 0. The van der Waals surface area contributed by atoms with Crippen LogP contribution in [0.2, 0.25) is 0 Å². The van der Waals surface area contributed by atoms with Crippen molar-refractivity contribution in [2.75, 3.05) is 18.4 Å². The number of rotatable bonds is 6. The zero-order valence-electron chi connectivity index (χ0n) is 18.5. The molecule has 0 fully saturated rings. The predicted octanol–water partition coefficient (Wildman–Crippen LogP) is 4.78. The molecule has 1 atom stereocenters. The molecule has 0 aliphatic carbocycles. The number of nitrogens with one attached hydrogen (secondary N) is 1. The first-order valence-corrected chi connectivity index (χ1v) is 10.8. The number of carbonyl (C=O) groups is 1. The van der Waals surface area contributed by atoms with Gasteiger partial charge in [0.2, 0.25) is 0 Å². The summed E-state index contributed by atoms with van der Waals surface area (Å²) < 4.78 is 38.1. The van der Waals surface area contributed by atoms with E-state index in [2.05, 4.69) is 25.3 Å². The molecule has 0 aromatic carbocycles. The first-order valence-electron chi connectivity index (χ1n) is 10.8. The van der Waals surface area contributed by atoms with Gasteiger partial charge in [0.05, 0.1) is 5.56 Å². The number of hydrogen-bond acceptors (Lipinski definition) is 6. The number of nitrogens with zero attached hydrogens (tertiary/aromatic N) is 5. The third-order valence-electron chi connectivity index (χ3n) is 5.55. The summed E-state index contributed by atoms with van der Waals surface area (Å²) in [6, 6.07) is 7.54. The molecule has 1 aliphatic rings. The number of halogens is 3. The van der Waals surface area contributed by atoms with E-state index in [9.17, 15) is 18.0 Å². The van der Waals surface area contributed by atoms with Crippen molar-refractivity contribution in [3.05, 3.63) is 77.9 Å². The Morgan fingerprint density at radius 1 is 1.15 bits per heavy atom. The van der Waals surface area contributed by atoms with Gasteiger partial charge in [-0.2, -0.15) is 13.2 Å². The topological polar surface area (TPSA) is 83.9 Å². The summed E-state index contributed by atoms with van der Waals surface area (Å²) in [5.41, 5.74) is 0.833. The van der Waals surface area contributed by atoms with Crippen LogP contribution in [0.15, 0.2) is 61.1 Å². The van der Waals surface area contributed by atoms with Crippen LogP contribution in [-0.4, -0.2) is 49.9 Å². The van der Waals surface area contributed by atoms with Crippen LogP contribution in [0.1, 0.15) is 35.9 Å². The van der Waals surface area contributed by atoms with E-state index >= 15 is 0 Å². The fourth-order valence-corrected chi connectivity index (χ4v) is 3.71. The van der Waals surface area contributed by atoms with E-state index in [1.807, 2.05) is 25.1 Å². The quantitative estimate of drug-likeness (QED) is 0.522. The van der Waals surface area contributed by atoms with Gasteiger partial charge in [0, 0.05) is 39.1 Å². The third-order valence-corrected chi connectivity index (χ3v) is 5.55. The Kier molecular flexibility index (Phi) is 6.85. The largest absolute Gasteiger partial charge is 0.417 e. The van der Waals surface area contributed by atoms with Crippen LogP contribution in [-0.2, 0) is 6.18 Å². The van der Waals surface area contributed by atoms with Crippen molar-refractivity contribution in [3.8, 4) is 11.5 Å². The highest BCUT2D eigenvalue weighted by Crippen LogP contribution is 2.29. The van der Waals surface area contributed by atoms with Gasteiger partial charge in [-0.15, -0.1) is 0 Å². The number of alkyl halides is 3. The third kappa shape index (κ3) is 5.38. The van der Waals surface area contributed by atoms with Gasteiger partial charge in [0.25, 0.3) is 5.91 Å². The Hall–Kier alpha value is -3.82. The summed E-state index contributed by atoms with van der Waals surface area (Å²) >= 11 is 0. The second-order valence-corrected chi connectivity index (χ2v) is 7.90. The molecular weight excluding hydrogens is 445 g/mol. The highest BCUT2D eigenvalue weighted by atomic mass is 19.4. The number of anilines is 1. The second kappa shape index (κ2) is 9.98.